The predicted molar refractivity (Wildman–Crippen MR) is 58.1 cm³/mol. The molecule has 3 nitrogen and oxygen atoms in total. The third-order valence-electron chi connectivity index (χ3n) is 2.19. The third kappa shape index (κ3) is 6.89. The molecule has 84 valence electrons. The SMILES string of the molecule is COC(=O)C(C)CNCCCC(C)C. The highest BCUT2D eigenvalue weighted by Crippen LogP contribution is 2.02. The molecular formula is C11H23NO2. The Hall–Kier alpha value is -0.570. The fourth-order valence-electron chi connectivity index (χ4n) is 1.24. The van der Waals surface area contributed by atoms with Crippen molar-refractivity contribution in [1.29, 1.82) is 0 Å². The number of nitrogens with one attached hydrogen (secondary N) is 1. The summed E-state index contributed by atoms with van der Waals surface area (Å²) in [6.45, 7) is 8.01. The molecule has 0 radical (unpaired) electrons. The quantitative estimate of drug-likeness (QED) is 0.504. The monoisotopic (exact) mass is 201 g/mol. The van der Waals surface area contributed by atoms with Crippen molar-refractivity contribution >= 4 is 5.97 Å². The molecule has 0 heterocycles. The van der Waals surface area contributed by atoms with E-state index < -0.39 is 0 Å². The number of rotatable bonds is 7. The van der Waals surface area contributed by atoms with Crippen molar-refractivity contribution in [3.8, 4) is 0 Å². The Morgan fingerprint density at radius 3 is 2.50 bits per heavy atom. The van der Waals surface area contributed by atoms with Crippen LogP contribution in [0.1, 0.15) is 33.6 Å². The molecule has 0 aliphatic rings. The predicted octanol–water partition coefficient (Wildman–Crippen LogP) is 1.82. The molecule has 0 saturated carbocycles. The number of ether oxygens (including phenoxy) is 1. The lowest BCUT2D eigenvalue weighted by molar-refractivity contribution is -0.144. The minimum atomic E-state index is -0.138. The molecule has 14 heavy (non-hydrogen) atoms. The van der Waals surface area contributed by atoms with Gasteiger partial charge >= 0.3 is 5.97 Å². The Bertz CT molecular complexity index is 157. The van der Waals surface area contributed by atoms with Crippen LogP contribution >= 0.6 is 0 Å². The fourth-order valence-corrected chi connectivity index (χ4v) is 1.24. The number of hydrogen-bond donors (Lipinski definition) is 1. The van der Waals surface area contributed by atoms with Crippen LogP contribution in [0, 0.1) is 11.8 Å². The van der Waals surface area contributed by atoms with Gasteiger partial charge in [-0.3, -0.25) is 4.79 Å². The van der Waals surface area contributed by atoms with Crippen molar-refractivity contribution in [2.24, 2.45) is 11.8 Å². The molecule has 1 unspecified atom stereocenters. The summed E-state index contributed by atoms with van der Waals surface area (Å²) in [7, 11) is 1.43. The van der Waals surface area contributed by atoms with Gasteiger partial charge in [-0.2, -0.15) is 0 Å². The van der Waals surface area contributed by atoms with E-state index in [1.165, 1.54) is 20.0 Å². The van der Waals surface area contributed by atoms with E-state index in [1.54, 1.807) is 0 Å². The maximum absolute atomic E-state index is 11.0. The van der Waals surface area contributed by atoms with Crippen LogP contribution in [0.25, 0.3) is 0 Å². The second-order valence-electron chi connectivity index (χ2n) is 4.16. The van der Waals surface area contributed by atoms with Gasteiger partial charge in [0.25, 0.3) is 0 Å². The van der Waals surface area contributed by atoms with Crippen molar-refractivity contribution in [3.63, 3.8) is 0 Å². The molecule has 0 rings (SSSR count). The number of esters is 1. The lowest BCUT2D eigenvalue weighted by Gasteiger charge is -2.10. The lowest BCUT2D eigenvalue weighted by Crippen LogP contribution is -2.28. The molecule has 3 heteroatoms. The van der Waals surface area contributed by atoms with Crippen LogP contribution in [0.3, 0.4) is 0 Å². The van der Waals surface area contributed by atoms with Crippen LogP contribution in [0.15, 0.2) is 0 Å². The zero-order valence-electron chi connectivity index (χ0n) is 9.80. The molecule has 0 aromatic heterocycles. The molecular weight excluding hydrogens is 178 g/mol. The third-order valence-corrected chi connectivity index (χ3v) is 2.19. The van der Waals surface area contributed by atoms with Gasteiger partial charge in [-0.25, -0.2) is 0 Å². The smallest absolute Gasteiger partial charge is 0.309 e. The number of hydrogen-bond acceptors (Lipinski definition) is 3. The van der Waals surface area contributed by atoms with E-state index in [9.17, 15) is 4.79 Å². The second kappa shape index (κ2) is 7.80. The Morgan fingerprint density at radius 1 is 1.36 bits per heavy atom. The first-order valence-corrected chi connectivity index (χ1v) is 5.36. The number of methoxy groups -OCH3 is 1. The molecule has 0 aliphatic carbocycles. The highest BCUT2D eigenvalue weighted by molar-refractivity contribution is 5.71. The van der Waals surface area contributed by atoms with Gasteiger partial charge < -0.3 is 10.1 Å². The average Bonchev–Trinajstić information content (AvgIpc) is 2.15. The van der Waals surface area contributed by atoms with Crippen LogP contribution in [0.5, 0.6) is 0 Å². The minimum absolute atomic E-state index is 0.0425. The second-order valence-corrected chi connectivity index (χ2v) is 4.16. The first-order chi connectivity index (χ1) is 6.57. The molecule has 0 aromatic rings. The maximum atomic E-state index is 11.0. The van der Waals surface area contributed by atoms with Crippen LogP contribution in [-0.4, -0.2) is 26.2 Å². The molecule has 1 N–H and O–H groups in total. The number of carbonyl (C=O) groups excluding carboxylic acids is 1. The van der Waals surface area contributed by atoms with Crippen molar-refractivity contribution in [2.75, 3.05) is 20.2 Å². The van der Waals surface area contributed by atoms with Crippen LogP contribution in [0.2, 0.25) is 0 Å². The highest BCUT2D eigenvalue weighted by atomic mass is 16.5. The fraction of sp³-hybridized carbons (Fsp3) is 0.909. The van der Waals surface area contributed by atoms with Gasteiger partial charge in [0.15, 0.2) is 0 Å². The summed E-state index contributed by atoms with van der Waals surface area (Å²) in [6, 6.07) is 0. The molecule has 0 aromatic carbocycles. The van der Waals surface area contributed by atoms with Crippen molar-refractivity contribution in [2.45, 2.75) is 33.6 Å². The maximum Gasteiger partial charge on any atom is 0.309 e. The first kappa shape index (κ1) is 13.4. The van der Waals surface area contributed by atoms with E-state index in [-0.39, 0.29) is 11.9 Å². The Labute approximate surface area is 87.2 Å². The van der Waals surface area contributed by atoms with Gasteiger partial charge in [-0.15, -0.1) is 0 Å². The average molecular weight is 201 g/mol. The zero-order valence-corrected chi connectivity index (χ0v) is 9.80. The zero-order chi connectivity index (χ0) is 11.0. The van der Waals surface area contributed by atoms with Gasteiger partial charge in [0.05, 0.1) is 13.0 Å². The molecule has 0 amide bonds. The largest absolute Gasteiger partial charge is 0.469 e. The van der Waals surface area contributed by atoms with E-state index in [0.29, 0.717) is 6.54 Å². The number of carbonyl (C=O) groups is 1. The van der Waals surface area contributed by atoms with Crippen LogP contribution < -0.4 is 5.32 Å². The summed E-state index contributed by atoms with van der Waals surface area (Å²) in [5.41, 5.74) is 0. The van der Waals surface area contributed by atoms with E-state index in [0.717, 1.165) is 12.5 Å². The first-order valence-electron chi connectivity index (χ1n) is 5.36. The summed E-state index contributed by atoms with van der Waals surface area (Å²) in [6.07, 6.45) is 2.41. The van der Waals surface area contributed by atoms with Crippen LogP contribution in [0.4, 0.5) is 0 Å². The Morgan fingerprint density at radius 2 is 2.00 bits per heavy atom. The molecule has 0 fully saturated rings. The van der Waals surface area contributed by atoms with E-state index >= 15 is 0 Å². The lowest BCUT2D eigenvalue weighted by atomic mass is 10.1. The van der Waals surface area contributed by atoms with E-state index in [4.69, 9.17) is 0 Å². The van der Waals surface area contributed by atoms with Crippen molar-refractivity contribution < 1.29 is 9.53 Å². The summed E-state index contributed by atoms with van der Waals surface area (Å²) >= 11 is 0. The summed E-state index contributed by atoms with van der Waals surface area (Å²) < 4.78 is 4.63. The van der Waals surface area contributed by atoms with Crippen molar-refractivity contribution in [1.82, 2.24) is 5.32 Å². The normalized spacial score (nSPS) is 12.9. The standard InChI is InChI=1S/C11H23NO2/c1-9(2)6-5-7-12-8-10(3)11(13)14-4/h9-10,12H,5-8H2,1-4H3. The van der Waals surface area contributed by atoms with E-state index in [1.807, 2.05) is 6.92 Å². The molecule has 0 saturated heterocycles. The summed E-state index contributed by atoms with van der Waals surface area (Å²) in [5.74, 6) is 0.579. The van der Waals surface area contributed by atoms with Crippen LogP contribution in [-0.2, 0) is 9.53 Å². The molecule has 0 spiro atoms. The van der Waals surface area contributed by atoms with Gasteiger partial charge in [0, 0.05) is 6.54 Å². The summed E-state index contributed by atoms with van der Waals surface area (Å²) in [5, 5.41) is 3.25. The molecule has 0 aliphatic heterocycles. The topological polar surface area (TPSA) is 38.3 Å². The minimum Gasteiger partial charge on any atom is -0.469 e. The van der Waals surface area contributed by atoms with Gasteiger partial charge in [0.2, 0.25) is 0 Å². The highest BCUT2D eigenvalue weighted by Gasteiger charge is 2.11. The molecule has 1 atom stereocenters. The van der Waals surface area contributed by atoms with E-state index in [2.05, 4.69) is 23.9 Å². The Balaban J connectivity index is 3.31. The van der Waals surface area contributed by atoms with Gasteiger partial charge in [0.1, 0.15) is 0 Å². The van der Waals surface area contributed by atoms with Gasteiger partial charge in [-0.1, -0.05) is 20.8 Å². The van der Waals surface area contributed by atoms with Gasteiger partial charge in [-0.05, 0) is 25.3 Å². The Kier molecular flexibility index (Phi) is 7.48. The van der Waals surface area contributed by atoms with Crippen molar-refractivity contribution in [3.05, 3.63) is 0 Å². The summed E-state index contributed by atoms with van der Waals surface area (Å²) in [4.78, 5) is 11.0. The molecule has 0 bridgehead atoms.